The lowest BCUT2D eigenvalue weighted by Gasteiger charge is -1.92. The lowest BCUT2D eigenvalue weighted by molar-refractivity contribution is 1.14. The Kier molecular flexibility index (Phi) is 89.0. The van der Waals surface area contributed by atoms with E-state index in [9.17, 15) is 0 Å². The molecule has 11 N–H and O–H groups in total. The van der Waals surface area contributed by atoms with Gasteiger partial charge in [0, 0.05) is 18.3 Å². The smallest absolute Gasteiger partial charge is 0.154 e. The molecule has 0 aliphatic heterocycles. The Morgan fingerprint density at radius 3 is 1.17 bits per heavy atom. The maximum atomic E-state index is 6.90. The number of alkyl halides is 1. The van der Waals surface area contributed by atoms with Crippen LogP contribution in [-0.2, 0) is 0 Å². The summed E-state index contributed by atoms with van der Waals surface area (Å²) >= 11 is 5.00. The van der Waals surface area contributed by atoms with Crippen molar-refractivity contribution in [3.8, 4) is 0 Å². The summed E-state index contributed by atoms with van der Waals surface area (Å²) in [6.45, 7) is 28.1. The highest BCUT2D eigenvalue weighted by Gasteiger charge is 1.90. The van der Waals surface area contributed by atoms with Gasteiger partial charge >= 0.3 is 0 Å². The predicted molar refractivity (Wildman–Crippen MR) is 193 cm³/mol. The quantitative estimate of drug-likeness (QED) is 0.111. The third-order valence-electron chi connectivity index (χ3n) is 2.22. The van der Waals surface area contributed by atoms with Crippen molar-refractivity contribution < 1.29 is 5.65 Å². The van der Waals surface area contributed by atoms with Crippen LogP contribution < -0.4 is 23.3 Å². The average molecular weight is 607 g/mol. The summed E-state index contributed by atoms with van der Waals surface area (Å²) < 4.78 is 23.9. The molecule has 0 bridgehead atoms. The van der Waals surface area contributed by atoms with Crippen LogP contribution in [0.4, 0.5) is 11.6 Å². The number of nitrogens with two attached hydrogens (primary N) is 3. The van der Waals surface area contributed by atoms with Crippen LogP contribution in [0.3, 0.4) is 0 Å². The molecule has 0 unspecified atom stereocenters. The minimum absolute atomic E-state index is 0.472. The second kappa shape index (κ2) is 76.7. The third-order valence-corrected chi connectivity index (χ3v) is 2.22. The van der Waals surface area contributed by atoms with Crippen molar-refractivity contribution in [2.45, 2.75) is 96.9 Å². The Labute approximate surface area is 265 Å². The summed E-state index contributed by atoms with van der Waals surface area (Å²) in [6, 6.07) is 10.4. The molecule has 0 atom stereocenters. The van der Waals surface area contributed by atoms with Crippen LogP contribution in [0, 0.1) is 10.8 Å². The van der Waals surface area contributed by atoms with Crippen molar-refractivity contribution in [3.05, 3.63) is 47.8 Å². The molecule has 11 heteroatoms. The van der Waals surface area contributed by atoms with Crippen molar-refractivity contribution in [2.75, 3.05) is 12.4 Å². The van der Waals surface area contributed by atoms with Gasteiger partial charge in [-0.25, -0.2) is 20.0 Å². The second-order valence-electron chi connectivity index (χ2n) is 4.27. The van der Waals surface area contributed by atoms with Crippen molar-refractivity contribution in [1.29, 1.82) is 10.8 Å². The van der Waals surface area contributed by atoms with E-state index in [1.807, 2.05) is 90.0 Å². The highest BCUT2D eigenvalue weighted by molar-refractivity contribution is 6.17. The van der Waals surface area contributed by atoms with Gasteiger partial charge in [-0.15, -0.1) is 11.6 Å². The van der Waals surface area contributed by atoms with Gasteiger partial charge in [0.25, 0.3) is 0 Å². The van der Waals surface area contributed by atoms with E-state index in [4.69, 9.17) is 39.5 Å². The molecule has 0 amide bonds. The first-order chi connectivity index (χ1) is 21.8. The van der Waals surface area contributed by atoms with E-state index in [1.165, 1.54) is 18.8 Å². The minimum atomic E-state index is 0.472. The SMILES string of the molecule is CC.CC.CC.CC.CC.CC.CCCl.N=Cc1cccc(N=CN)n1.N=Cc1cccc(N=CN)n1.[2H]N([2H])CC.[2H]N[2H]. The Bertz CT molecular complexity index is 741. The van der Waals surface area contributed by atoms with E-state index in [0.29, 0.717) is 35.3 Å². The maximum absolute atomic E-state index is 6.90. The Hall–Kier alpha value is -3.21. The molecule has 0 aliphatic carbocycles. The van der Waals surface area contributed by atoms with Crippen LogP contribution in [0.25, 0.3) is 0 Å². The lowest BCUT2D eigenvalue weighted by atomic mass is 10.4. The summed E-state index contributed by atoms with van der Waals surface area (Å²) in [5.41, 5.74) is 11.9. The Balaban J connectivity index is -0.0000000505. The van der Waals surface area contributed by atoms with Crippen LogP contribution in [0.2, 0.25) is 5.65 Å². The van der Waals surface area contributed by atoms with Crippen molar-refractivity contribution in [1.82, 2.24) is 16.1 Å². The number of pyridine rings is 2. The zero-order valence-corrected chi connectivity index (χ0v) is 29.2. The molecule has 0 aliphatic rings. The topological polar surface area (TPSA) is 211 Å². The molecule has 0 fully saturated rings. The molecule has 10 nitrogen and oxygen atoms in total. The highest BCUT2D eigenvalue weighted by atomic mass is 35.5. The summed E-state index contributed by atoms with van der Waals surface area (Å²) in [5.74, 6) is 1.77. The summed E-state index contributed by atoms with van der Waals surface area (Å²) in [4.78, 5) is 15.4. The third kappa shape index (κ3) is 62.0. The largest absolute Gasteiger partial charge is 0.390 e. The number of hydrogen-bond acceptors (Lipinski definition) is 8. The van der Waals surface area contributed by atoms with Gasteiger partial charge in [-0.2, -0.15) is 0 Å². The fraction of sp³-hybridized carbons (Fsp3) is 0.533. The molecular weight excluding hydrogens is 536 g/mol. The van der Waals surface area contributed by atoms with E-state index in [2.05, 4.69) is 20.0 Å². The minimum Gasteiger partial charge on any atom is -0.390 e. The number of hydrogen-bond donors (Lipinski definition) is 6. The second-order valence-corrected chi connectivity index (χ2v) is 4.80. The molecule has 0 saturated heterocycles. The molecule has 0 spiro atoms. The Morgan fingerprint density at radius 1 is 0.756 bits per heavy atom. The van der Waals surface area contributed by atoms with Gasteiger partial charge in [-0.05, 0) is 30.8 Å². The fourth-order valence-electron chi connectivity index (χ4n) is 1.34. The van der Waals surface area contributed by atoms with Crippen LogP contribution >= 0.6 is 11.6 Å². The molecule has 0 aromatic carbocycles. The van der Waals surface area contributed by atoms with E-state index < -0.39 is 0 Å². The van der Waals surface area contributed by atoms with E-state index >= 15 is 0 Å². The fourth-order valence-corrected chi connectivity index (χ4v) is 1.34. The zero-order valence-electron chi connectivity index (χ0n) is 32.5. The number of halogens is 1. The zero-order chi connectivity index (χ0) is 37.9. The van der Waals surface area contributed by atoms with Gasteiger partial charge in [-0.1, -0.05) is 109 Å². The molecule has 2 aromatic heterocycles. The predicted octanol–water partition coefficient (Wildman–Crippen LogP) is 8.92. The molecule has 2 rings (SSSR count). The maximum Gasteiger partial charge on any atom is 0.154 e. The monoisotopic (exact) mass is 607 g/mol. The van der Waals surface area contributed by atoms with Crippen LogP contribution in [-0.4, -0.2) is 47.5 Å². The molecule has 2 aromatic rings. The first-order valence-electron chi connectivity index (χ1n) is 16.1. The van der Waals surface area contributed by atoms with Crippen LogP contribution in [0.15, 0.2) is 46.4 Å². The first kappa shape index (κ1) is 47.6. The number of rotatable bonds is 5. The average Bonchev–Trinajstić information content (AvgIpc) is 3.12. The standard InChI is InChI=1S/2C7H8N4.C2H5Cl.C2H7N.6C2H6.H3N/c2*8-4-6-2-1-3-7(11-6)10-5-9;2*1-2-3;6*1-2;/h2*1-5,8H,(H2,9,10,11);2H2,1H3;2-3H2,1H3;6*1-2H3;1H3/i/hD4. The molecule has 41 heavy (non-hydrogen) atoms. The number of nitrogens with one attached hydrogen (secondary N) is 2. The molecule has 0 saturated carbocycles. The van der Waals surface area contributed by atoms with E-state index in [0.717, 1.165) is 18.3 Å². The van der Waals surface area contributed by atoms with Crippen LogP contribution in [0.5, 0.6) is 0 Å². The number of nitrogens with zero attached hydrogens (tertiary/aromatic N) is 4. The van der Waals surface area contributed by atoms with Crippen molar-refractivity contribution >= 4 is 48.3 Å². The van der Waals surface area contributed by atoms with Crippen molar-refractivity contribution in [2.24, 2.45) is 27.2 Å². The van der Waals surface area contributed by atoms with E-state index in [-0.39, 0.29) is 0 Å². The van der Waals surface area contributed by atoms with Gasteiger partial charge in [0.2, 0.25) is 0 Å². The first-order valence-corrected chi connectivity index (χ1v) is 14.7. The summed E-state index contributed by atoms with van der Waals surface area (Å²) in [7, 11) is 0. The summed E-state index contributed by atoms with van der Waals surface area (Å²) in [6.07, 6.45) is 5.93. The molecule has 244 valence electrons. The molecular formula is C30H67ClN10. The number of aromatic nitrogens is 2. The van der Waals surface area contributed by atoms with Crippen LogP contribution in [0.1, 0.15) is 108 Å². The Morgan fingerprint density at radius 2 is 1.00 bits per heavy atom. The highest BCUT2D eigenvalue weighted by Crippen LogP contribution is 2.06. The molecule has 0 radical (unpaired) electrons. The normalized spacial score (nSPS) is 8.49. The van der Waals surface area contributed by atoms with Gasteiger partial charge < -0.3 is 34.1 Å². The van der Waals surface area contributed by atoms with E-state index in [1.54, 1.807) is 43.3 Å². The molecule has 2 heterocycles. The lowest BCUT2D eigenvalue weighted by Crippen LogP contribution is -1.89. The van der Waals surface area contributed by atoms with Gasteiger partial charge in [-0.3, -0.25) is 0 Å². The van der Waals surface area contributed by atoms with Gasteiger partial charge in [0.1, 0.15) is 5.65 Å². The van der Waals surface area contributed by atoms with Crippen molar-refractivity contribution in [3.63, 3.8) is 0 Å². The van der Waals surface area contributed by atoms with Gasteiger partial charge in [0.05, 0.1) is 24.1 Å². The summed E-state index contributed by atoms with van der Waals surface area (Å²) in [5, 5.41) is 13.8. The van der Waals surface area contributed by atoms with Gasteiger partial charge in [0.15, 0.2) is 11.6 Å². The number of aliphatic imine (C=N–C) groups is 2.